The highest BCUT2D eigenvalue weighted by molar-refractivity contribution is 7.47. The van der Waals surface area contributed by atoms with E-state index in [4.69, 9.17) is 9.84 Å². The van der Waals surface area contributed by atoms with Crippen LogP contribution in [0.15, 0.2) is 0 Å². The first-order chi connectivity index (χ1) is 10.1. The summed E-state index contributed by atoms with van der Waals surface area (Å²) in [5.74, 6) is 0. The summed E-state index contributed by atoms with van der Waals surface area (Å²) >= 11 is 0. The molecule has 0 amide bonds. The Hall–Kier alpha value is -0.170. The summed E-state index contributed by atoms with van der Waals surface area (Å²) < 4.78 is 25.5. The zero-order valence-corrected chi connectivity index (χ0v) is 12.6. The van der Waals surface area contributed by atoms with Gasteiger partial charge in [-0.2, -0.15) is 0 Å². The third-order valence-corrected chi connectivity index (χ3v) is 4.27. The Morgan fingerprint density at radius 2 is 1.45 bits per heavy atom. The maximum atomic E-state index is 11.7. The van der Waals surface area contributed by atoms with Crippen molar-refractivity contribution in [2.24, 2.45) is 0 Å². The molecule has 132 valence electrons. The number of rotatable bonds is 7. The molecule has 1 saturated carbocycles. The van der Waals surface area contributed by atoms with Gasteiger partial charge in [0.1, 0.15) is 42.7 Å². The van der Waals surface area contributed by atoms with Gasteiger partial charge in [0.05, 0.1) is 13.2 Å². The Morgan fingerprint density at radius 3 is 1.86 bits per heavy atom. The molecule has 22 heavy (non-hydrogen) atoms. The van der Waals surface area contributed by atoms with Crippen LogP contribution in [-0.4, -0.2) is 98.6 Å². The van der Waals surface area contributed by atoms with Crippen LogP contribution in [0, 0.1) is 0 Å². The van der Waals surface area contributed by atoms with Crippen molar-refractivity contribution in [2.75, 3.05) is 20.3 Å². The predicted molar refractivity (Wildman–Crippen MR) is 68.6 cm³/mol. The van der Waals surface area contributed by atoms with E-state index in [0.717, 1.165) is 0 Å². The van der Waals surface area contributed by atoms with Crippen LogP contribution >= 0.6 is 7.82 Å². The number of phosphoric acid groups is 1. The maximum absolute atomic E-state index is 11.7. The van der Waals surface area contributed by atoms with E-state index >= 15 is 0 Å². The van der Waals surface area contributed by atoms with Crippen LogP contribution in [-0.2, 0) is 18.3 Å². The summed E-state index contributed by atoms with van der Waals surface area (Å²) in [4.78, 5) is 9.51. The van der Waals surface area contributed by atoms with Crippen LogP contribution in [0.4, 0.5) is 0 Å². The van der Waals surface area contributed by atoms with Crippen LogP contribution in [0.1, 0.15) is 0 Å². The Bertz CT molecular complexity index is 373. The van der Waals surface area contributed by atoms with Crippen LogP contribution < -0.4 is 0 Å². The number of hydrogen-bond acceptors (Lipinski definition) is 10. The lowest BCUT2D eigenvalue weighted by atomic mass is 9.85. The van der Waals surface area contributed by atoms with Crippen molar-refractivity contribution in [3.05, 3.63) is 0 Å². The number of aliphatic hydroxyl groups excluding tert-OH is 6. The minimum Gasteiger partial charge on any atom is -0.394 e. The van der Waals surface area contributed by atoms with E-state index in [1.807, 2.05) is 0 Å². The van der Waals surface area contributed by atoms with Gasteiger partial charge in [0.15, 0.2) is 0 Å². The average Bonchev–Trinajstić information content (AvgIpc) is 2.48. The van der Waals surface area contributed by atoms with Crippen LogP contribution in [0.3, 0.4) is 0 Å². The topological polar surface area (TPSA) is 186 Å². The van der Waals surface area contributed by atoms with Gasteiger partial charge in [0, 0.05) is 7.11 Å². The van der Waals surface area contributed by atoms with Crippen LogP contribution in [0.25, 0.3) is 0 Å². The third kappa shape index (κ3) is 4.66. The number of methoxy groups -OCH3 is 1. The van der Waals surface area contributed by atoms with Crippen LogP contribution in [0.2, 0.25) is 0 Å². The van der Waals surface area contributed by atoms with E-state index in [1.165, 1.54) is 7.11 Å². The second kappa shape index (κ2) is 8.08. The molecule has 0 radical (unpaired) electrons. The first kappa shape index (κ1) is 19.9. The fourth-order valence-corrected chi connectivity index (χ4v) is 2.85. The molecule has 0 saturated heterocycles. The normalized spacial score (nSPS) is 40.2. The average molecular weight is 348 g/mol. The largest absolute Gasteiger partial charge is 0.472 e. The molecule has 0 heterocycles. The molecule has 0 aromatic heterocycles. The SMILES string of the molecule is COC(CO)COP(=O)(O)OC1[C@@H](O)[C@@H](O)C(O)[C@H](O)[C@@H]1O. The molecule has 1 aliphatic carbocycles. The summed E-state index contributed by atoms with van der Waals surface area (Å²) in [6, 6.07) is 0. The van der Waals surface area contributed by atoms with E-state index in [9.17, 15) is 35.0 Å². The van der Waals surface area contributed by atoms with Gasteiger partial charge < -0.3 is 40.3 Å². The van der Waals surface area contributed by atoms with Gasteiger partial charge in [-0.3, -0.25) is 9.05 Å². The molecule has 0 aliphatic heterocycles. The number of hydrogen-bond donors (Lipinski definition) is 7. The zero-order chi connectivity index (χ0) is 17.1. The van der Waals surface area contributed by atoms with Gasteiger partial charge in [-0.25, -0.2) is 4.57 Å². The van der Waals surface area contributed by atoms with Crippen molar-refractivity contribution in [3.63, 3.8) is 0 Å². The minimum absolute atomic E-state index is 0.491. The Kier molecular flexibility index (Phi) is 7.30. The molecule has 0 aromatic rings. The van der Waals surface area contributed by atoms with Crippen molar-refractivity contribution >= 4 is 7.82 Å². The van der Waals surface area contributed by atoms with E-state index in [1.54, 1.807) is 0 Å². The van der Waals surface area contributed by atoms with Gasteiger partial charge >= 0.3 is 7.82 Å². The summed E-state index contributed by atoms with van der Waals surface area (Å²) in [5.41, 5.74) is 0. The lowest BCUT2D eigenvalue weighted by molar-refractivity contribution is -0.220. The highest BCUT2D eigenvalue weighted by Crippen LogP contribution is 2.47. The fraction of sp³-hybridized carbons (Fsp3) is 1.00. The molecular weight excluding hydrogens is 327 g/mol. The van der Waals surface area contributed by atoms with Crippen molar-refractivity contribution in [2.45, 2.75) is 42.7 Å². The Labute approximate surface area is 125 Å². The summed E-state index contributed by atoms with van der Waals surface area (Å²) in [7, 11) is -3.57. The first-order valence-corrected chi connectivity index (χ1v) is 7.84. The summed E-state index contributed by atoms with van der Waals surface area (Å²) in [6.45, 7) is -1.01. The van der Waals surface area contributed by atoms with E-state index < -0.39 is 63.8 Å². The molecule has 1 aliphatic rings. The first-order valence-electron chi connectivity index (χ1n) is 6.34. The lowest BCUT2D eigenvalue weighted by Gasteiger charge is -2.41. The Balaban J connectivity index is 2.72. The van der Waals surface area contributed by atoms with Crippen molar-refractivity contribution in [1.82, 2.24) is 0 Å². The molecule has 1 fully saturated rings. The monoisotopic (exact) mass is 348 g/mol. The van der Waals surface area contributed by atoms with E-state index in [-0.39, 0.29) is 0 Å². The molecule has 11 nitrogen and oxygen atoms in total. The van der Waals surface area contributed by atoms with E-state index in [2.05, 4.69) is 9.05 Å². The van der Waals surface area contributed by atoms with Gasteiger partial charge in [0.2, 0.25) is 0 Å². The predicted octanol–water partition coefficient (Wildman–Crippen LogP) is -3.69. The summed E-state index contributed by atoms with van der Waals surface area (Å²) in [6.07, 6.45) is -12.3. The molecule has 12 heteroatoms. The molecule has 6 atom stereocenters. The molecule has 0 spiro atoms. The van der Waals surface area contributed by atoms with Gasteiger partial charge in [0.25, 0.3) is 0 Å². The molecule has 1 rings (SSSR count). The smallest absolute Gasteiger partial charge is 0.394 e. The third-order valence-electron chi connectivity index (χ3n) is 3.29. The molecule has 7 N–H and O–H groups in total. The summed E-state index contributed by atoms with van der Waals surface area (Å²) in [5, 5.41) is 56.5. The number of phosphoric ester groups is 1. The number of ether oxygens (including phenoxy) is 1. The second-order valence-corrected chi connectivity index (χ2v) is 6.23. The van der Waals surface area contributed by atoms with Gasteiger partial charge in [-0.1, -0.05) is 0 Å². The maximum Gasteiger partial charge on any atom is 0.472 e. The van der Waals surface area contributed by atoms with Crippen molar-refractivity contribution in [3.8, 4) is 0 Å². The second-order valence-electron chi connectivity index (χ2n) is 4.83. The number of aliphatic hydroxyl groups is 6. The van der Waals surface area contributed by atoms with E-state index in [0.29, 0.717) is 0 Å². The molecule has 0 bridgehead atoms. The standard InChI is InChI=1S/C10H21O11P/c1-19-4(2-11)3-20-22(17,18)21-10-8(15)6(13)5(12)7(14)9(10)16/h4-16H,2-3H2,1H3,(H,17,18)/t4?,5?,6-,7-,8-,9-,10?/m0/s1. The van der Waals surface area contributed by atoms with Crippen molar-refractivity contribution < 1.29 is 53.9 Å². The highest BCUT2D eigenvalue weighted by atomic mass is 31.2. The van der Waals surface area contributed by atoms with Gasteiger partial charge in [-0.15, -0.1) is 0 Å². The molecular formula is C10H21O11P. The zero-order valence-electron chi connectivity index (χ0n) is 11.7. The van der Waals surface area contributed by atoms with Gasteiger partial charge in [-0.05, 0) is 0 Å². The van der Waals surface area contributed by atoms with Crippen LogP contribution in [0.5, 0.6) is 0 Å². The molecule has 0 aromatic carbocycles. The lowest BCUT2D eigenvalue weighted by Crippen LogP contribution is -2.64. The minimum atomic E-state index is -4.80. The quantitative estimate of drug-likeness (QED) is 0.225. The highest BCUT2D eigenvalue weighted by Gasteiger charge is 2.51. The Morgan fingerprint density at radius 1 is 1.00 bits per heavy atom. The fourth-order valence-electron chi connectivity index (χ4n) is 1.88. The van der Waals surface area contributed by atoms with Crippen molar-refractivity contribution in [1.29, 1.82) is 0 Å². The molecule has 2 unspecified atom stereocenters.